The van der Waals surface area contributed by atoms with E-state index in [1.807, 2.05) is 43.0 Å². The topological polar surface area (TPSA) is 60.0 Å². The van der Waals surface area contributed by atoms with Crippen molar-refractivity contribution in [3.8, 4) is 0 Å². The Bertz CT molecular complexity index is 1020. The van der Waals surface area contributed by atoms with Gasteiger partial charge in [-0.2, -0.15) is 9.61 Å². The first-order chi connectivity index (χ1) is 12.6. The minimum atomic E-state index is 0.0835. The number of hydrogen-bond donors (Lipinski definition) is 1. The van der Waals surface area contributed by atoms with Gasteiger partial charge in [-0.15, -0.1) is 0 Å². The molecule has 0 amide bonds. The number of rotatable bonds is 5. The van der Waals surface area contributed by atoms with Crippen LogP contribution >= 0.6 is 0 Å². The predicted octanol–water partition coefficient (Wildman–Crippen LogP) is 3.70. The summed E-state index contributed by atoms with van der Waals surface area (Å²) in [6.45, 7) is 6.86. The highest BCUT2D eigenvalue weighted by Gasteiger charge is 2.16. The number of nitrogens with zero attached hydrogens (tertiary/aromatic N) is 5. The van der Waals surface area contributed by atoms with Crippen molar-refractivity contribution in [2.75, 3.05) is 5.32 Å². The van der Waals surface area contributed by atoms with Crippen LogP contribution in [0.25, 0.3) is 5.65 Å². The molecular formula is C20H22N6. The SMILES string of the molecule is Cc1cc(N[C@H](Cn2ccnc2)c2ccccc2)n2nc(C)c(C)c2n1. The number of imidazole rings is 1. The summed E-state index contributed by atoms with van der Waals surface area (Å²) in [6.07, 6.45) is 5.62. The van der Waals surface area contributed by atoms with Crippen molar-refractivity contribution in [3.63, 3.8) is 0 Å². The predicted molar refractivity (Wildman–Crippen MR) is 102 cm³/mol. The molecule has 1 aromatic carbocycles. The van der Waals surface area contributed by atoms with E-state index in [1.165, 1.54) is 5.56 Å². The zero-order valence-corrected chi connectivity index (χ0v) is 15.2. The van der Waals surface area contributed by atoms with Gasteiger partial charge in [-0.3, -0.25) is 0 Å². The fourth-order valence-electron chi connectivity index (χ4n) is 3.16. The Balaban J connectivity index is 1.76. The van der Waals surface area contributed by atoms with Gasteiger partial charge in [0.1, 0.15) is 5.82 Å². The second kappa shape index (κ2) is 6.63. The van der Waals surface area contributed by atoms with Gasteiger partial charge in [0, 0.05) is 36.3 Å². The molecule has 1 atom stereocenters. The van der Waals surface area contributed by atoms with Crippen LogP contribution in [0.2, 0.25) is 0 Å². The van der Waals surface area contributed by atoms with Crippen molar-refractivity contribution in [2.24, 2.45) is 0 Å². The number of nitrogens with one attached hydrogen (secondary N) is 1. The quantitative estimate of drug-likeness (QED) is 0.598. The van der Waals surface area contributed by atoms with Crippen molar-refractivity contribution in [1.29, 1.82) is 0 Å². The first kappa shape index (κ1) is 16.3. The van der Waals surface area contributed by atoms with Crippen molar-refractivity contribution < 1.29 is 0 Å². The molecule has 0 aliphatic heterocycles. The molecule has 0 radical (unpaired) electrons. The van der Waals surface area contributed by atoms with Crippen molar-refractivity contribution >= 4 is 11.5 Å². The third-order valence-corrected chi connectivity index (χ3v) is 4.66. The third kappa shape index (κ3) is 3.06. The Morgan fingerprint density at radius 3 is 2.65 bits per heavy atom. The number of fused-ring (bicyclic) bond motifs is 1. The van der Waals surface area contributed by atoms with Crippen molar-refractivity contribution in [1.82, 2.24) is 24.1 Å². The van der Waals surface area contributed by atoms with Gasteiger partial charge < -0.3 is 9.88 Å². The molecule has 0 fully saturated rings. The molecule has 0 aliphatic carbocycles. The normalized spacial score (nSPS) is 12.4. The molecule has 4 aromatic rings. The summed E-state index contributed by atoms with van der Waals surface area (Å²) in [5.74, 6) is 0.942. The monoisotopic (exact) mass is 346 g/mol. The summed E-state index contributed by atoms with van der Waals surface area (Å²) in [7, 11) is 0. The van der Waals surface area contributed by atoms with Crippen molar-refractivity contribution in [3.05, 3.63) is 77.6 Å². The van der Waals surface area contributed by atoms with Crippen LogP contribution in [0.15, 0.2) is 55.1 Å². The molecule has 0 aliphatic rings. The molecule has 0 spiro atoms. The van der Waals surface area contributed by atoms with Gasteiger partial charge in [-0.1, -0.05) is 30.3 Å². The van der Waals surface area contributed by atoms with Gasteiger partial charge in [-0.25, -0.2) is 9.97 Å². The highest BCUT2D eigenvalue weighted by molar-refractivity contribution is 5.56. The van der Waals surface area contributed by atoms with Gasteiger partial charge in [0.05, 0.1) is 18.1 Å². The van der Waals surface area contributed by atoms with Crippen LogP contribution in [0, 0.1) is 20.8 Å². The van der Waals surface area contributed by atoms with E-state index in [9.17, 15) is 0 Å². The highest BCUT2D eigenvalue weighted by atomic mass is 15.3. The van der Waals surface area contributed by atoms with Crippen LogP contribution in [0.1, 0.15) is 28.6 Å². The lowest BCUT2D eigenvalue weighted by atomic mass is 10.1. The summed E-state index contributed by atoms with van der Waals surface area (Å²) in [6, 6.07) is 12.6. The second-order valence-electron chi connectivity index (χ2n) is 6.60. The molecule has 4 rings (SSSR count). The van der Waals surface area contributed by atoms with Crippen LogP contribution in [-0.4, -0.2) is 24.1 Å². The van der Waals surface area contributed by atoms with Crippen LogP contribution < -0.4 is 5.32 Å². The molecule has 1 N–H and O–H groups in total. The van der Waals surface area contributed by atoms with Crippen LogP contribution in [0.5, 0.6) is 0 Å². The minimum Gasteiger partial charge on any atom is -0.361 e. The van der Waals surface area contributed by atoms with E-state index in [0.29, 0.717) is 0 Å². The Kier molecular flexibility index (Phi) is 4.16. The van der Waals surface area contributed by atoms with E-state index in [1.54, 1.807) is 6.20 Å². The minimum absolute atomic E-state index is 0.0835. The Labute approximate surface area is 152 Å². The Morgan fingerprint density at radius 2 is 1.92 bits per heavy atom. The summed E-state index contributed by atoms with van der Waals surface area (Å²) < 4.78 is 3.98. The van der Waals surface area contributed by atoms with E-state index in [2.05, 4.69) is 56.1 Å². The molecule has 6 heteroatoms. The molecule has 6 nitrogen and oxygen atoms in total. The van der Waals surface area contributed by atoms with E-state index in [0.717, 1.165) is 35.0 Å². The summed E-state index contributed by atoms with van der Waals surface area (Å²) in [4.78, 5) is 8.82. The average molecular weight is 346 g/mol. The van der Waals surface area contributed by atoms with Crippen molar-refractivity contribution in [2.45, 2.75) is 33.4 Å². The Morgan fingerprint density at radius 1 is 1.12 bits per heavy atom. The summed E-state index contributed by atoms with van der Waals surface area (Å²) in [5, 5.41) is 8.34. The molecule has 0 bridgehead atoms. The molecule has 0 saturated carbocycles. The maximum Gasteiger partial charge on any atom is 0.160 e. The maximum absolute atomic E-state index is 4.67. The molecule has 0 unspecified atom stereocenters. The smallest absolute Gasteiger partial charge is 0.160 e. The molecule has 0 saturated heterocycles. The van der Waals surface area contributed by atoms with E-state index in [-0.39, 0.29) is 6.04 Å². The molecule has 132 valence electrons. The summed E-state index contributed by atoms with van der Waals surface area (Å²) >= 11 is 0. The van der Waals surface area contributed by atoms with Crippen LogP contribution in [-0.2, 0) is 6.54 Å². The molecule has 3 aromatic heterocycles. The largest absolute Gasteiger partial charge is 0.361 e. The van der Waals surface area contributed by atoms with Crippen LogP contribution in [0.3, 0.4) is 0 Å². The lowest BCUT2D eigenvalue weighted by molar-refractivity contribution is 0.603. The number of aromatic nitrogens is 5. The molecule has 3 heterocycles. The standard InChI is InChI=1S/C20H22N6/c1-14-11-19(26-20(22-14)15(2)16(3)24-26)23-18(12-25-10-9-21-13-25)17-7-5-4-6-8-17/h4-11,13,18,23H,12H2,1-3H3/t18-/m1/s1. The fourth-order valence-corrected chi connectivity index (χ4v) is 3.16. The average Bonchev–Trinajstić information content (AvgIpc) is 3.25. The van der Waals surface area contributed by atoms with Gasteiger partial charge in [0.15, 0.2) is 5.65 Å². The number of aryl methyl sites for hydroxylation is 3. The lowest BCUT2D eigenvalue weighted by Gasteiger charge is -2.21. The number of anilines is 1. The zero-order chi connectivity index (χ0) is 18.1. The first-order valence-corrected chi connectivity index (χ1v) is 8.72. The number of benzene rings is 1. The fraction of sp³-hybridized carbons (Fsp3) is 0.250. The molecular weight excluding hydrogens is 324 g/mol. The first-order valence-electron chi connectivity index (χ1n) is 8.72. The zero-order valence-electron chi connectivity index (χ0n) is 15.2. The highest BCUT2D eigenvalue weighted by Crippen LogP contribution is 2.24. The van der Waals surface area contributed by atoms with E-state index >= 15 is 0 Å². The van der Waals surface area contributed by atoms with Gasteiger partial charge in [-0.05, 0) is 26.3 Å². The van der Waals surface area contributed by atoms with E-state index < -0.39 is 0 Å². The van der Waals surface area contributed by atoms with Gasteiger partial charge >= 0.3 is 0 Å². The molecule has 26 heavy (non-hydrogen) atoms. The third-order valence-electron chi connectivity index (χ3n) is 4.66. The lowest BCUT2D eigenvalue weighted by Crippen LogP contribution is -2.19. The van der Waals surface area contributed by atoms with Gasteiger partial charge in [0.2, 0.25) is 0 Å². The number of hydrogen-bond acceptors (Lipinski definition) is 4. The van der Waals surface area contributed by atoms with Crippen LogP contribution in [0.4, 0.5) is 5.82 Å². The summed E-state index contributed by atoms with van der Waals surface area (Å²) in [5.41, 5.74) is 5.20. The Hall–Kier alpha value is -3.15. The maximum atomic E-state index is 4.67. The van der Waals surface area contributed by atoms with Gasteiger partial charge in [0.25, 0.3) is 0 Å². The van der Waals surface area contributed by atoms with E-state index in [4.69, 9.17) is 0 Å². The second-order valence-corrected chi connectivity index (χ2v) is 6.60.